The van der Waals surface area contributed by atoms with E-state index in [0.29, 0.717) is 12.1 Å². The van der Waals surface area contributed by atoms with Crippen molar-refractivity contribution in [1.82, 2.24) is 5.16 Å². The summed E-state index contributed by atoms with van der Waals surface area (Å²) in [5, 5.41) is 3.76. The normalized spacial score (nSPS) is 12.2. The number of halogens is 5. The molecular weight excluding hydrogens is 421 g/mol. The number of hydrogen-bond donors (Lipinski definition) is 0. The molecule has 0 aliphatic rings. The maximum Gasteiger partial charge on any atom is 0.573 e. The molecule has 1 heterocycles. The Morgan fingerprint density at radius 1 is 1.03 bits per heavy atom. The summed E-state index contributed by atoms with van der Waals surface area (Å²) < 4.78 is 97.7. The molecule has 3 aromatic rings. The number of aryl methyl sites for hydroxylation is 1. The molecular formula is C18H12F5NO4S. The first-order valence-electron chi connectivity index (χ1n) is 7.89. The zero-order valence-electron chi connectivity index (χ0n) is 14.8. The highest BCUT2D eigenvalue weighted by Crippen LogP contribution is 2.38. The van der Waals surface area contributed by atoms with Gasteiger partial charge in [-0.15, -0.1) is 13.2 Å². The van der Waals surface area contributed by atoms with Gasteiger partial charge < -0.3 is 9.26 Å². The Labute approximate surface area is 161 Å². The first-order valence-corrected chi connectivity index (χ1v) is 9.78. The summed E-state index contributed by atoms with van der Waals surface area (Å²) in [5.74, 6) is -2.57. The lowest BCUT2D eigenvalue weighted by Crippen LogP contribution is -2.16. The van der Waals surface area contributed by atoms with Gasteiger partial charge in [0.1, 0.15) is 33.7 Å². The first-order chi connectivity index (χ1) is 13.4. The third-order valence-corrected chi connectivity index (χ3v) is 5.03. The predicted molar refractivity (Wildman–Crippen MR) is 91.8 cm³/mol. The van der Waals surface area contributed by atoms with Crippen molar-refractivity contribution in [1.29, 1.82) is 0 Å². The molecule has 0 amide bonds. The molecule has 2 aromatic carbocycles. The van der Waals surface area contributed by atoms with Crippen molar-refractivity contribution in [3.8, 4) is 28.1 Å². The van der Waals surface area contributed by atoms with E-state index in [1.165, 1.54) is 19.1 Å². The van der Waals surface area contributed by atoms with E-state index < -0.39 is 38.5 Å². The van der Waals surface area contributed by atoms with Gasteiger partial charge in [0.15, 0.2) is 9.84 Å². The number of rotatable bonds is 4. The summed E-state index contributed by atoms with van der Waals surface area (Å²) in [6, 6.07) is 5.79. The second-order valence-corrected chi connectivity index (χ2v) is 8.05. The van der Waals surface area contributed by atoms with Gasteiger partial charge in [0.25, 0.3) is 0 Å². The molecule has 0 aliphatic carbocycles. The number of alkyl halides is 3. The summed E-state index contributed by atoms with van der Waals surface area (Å²) in [5.41, 5.74) is 0.00930. The van der Waals surface area contributed by atoms with Gasteiger partial charge >= 0.3 is 6.36 Å². The van der Waals surface area contributed by atoms with Gasteiger partial charge in [-0.1, -0.05) is 5.16 Å². The lowest BCUT2D eigenvalue weighted by Gasteiger charge is -2.10. The molecule has 0 saturated carbocycles. The van der Waals surface area contributed by atoms with Crippen molar-refractivity contribution in [3.05, 3.63) is 53.8 Å². The molecule has 0 atom stereocenters. The second kappa shape index (κ2) is 7.14. The summed E-state index contributed by atoms with van der Waals surface area (Å²) in [4.78, 5) is -0.803. The third kappa shape index (κ3) is 4.39. The largest absolute Gasteiger partial charge is 0.573 e. The molecule has 29 heavy (non-hydrogen) atoms. The van der Waals surface area contributed by atoms with Crippen molar-refractivity contribution in [2.45, 2.75) is 18.2 Å². The van der Waals surface area contributed by atoms with Crippen LogP contribution in [-0.4, -0.2) is 26.2 Å². The van der Waals surface area contributed by atoms with Crippen molar-refractivity contribution in [3.63, 3.8) is 0 Å². The molecule has 0 bridgehead atoms. The highest BCUT2D eigenvalue weighted by atomic mass is 32.2. The molecule has 5 nitrogen and oxygen atoms in total. The lowest BCUT2D eigenvalue weighted by molar-refractivity contribution is -0.274. The molecule has 0 N–H and O–H groups in total. The number of benzene rings is 2. The molecule has 0 saturated heterocycles. The SMILES string of the molecule is Cc1onc(-c2ccc(OC(F)(F)F)cc2)c1-c1cc(F)c(S(C)(=O)=O)cc1F. The Hall–Kier alpha value is -2.95. The van der Waals surface area contributed by atoms with Crippen LogP contribution in [0.5, 0.6) is 5.75 Å². The van der Waals surface area contributed by atoms with Crippen LogP contribution in [0.4, 0.5) is 22.0 Å². The van der Waals surface area contributed by atoms with E-state index in [1.807, 2.05) is 0 Å². The average Bonchev–Trinajstić information content (AvgIpc) is 2.96. The molecule has 3 rings (SSSR count). The van der Waals surface area contributed by atoms with Gasteiger partial charge in [-0.05, 0) is 43.3 Å². The third-order valence-electron chi connectivity index (χ3n) is 3.91. The van der Waals surface area contributed by atoms with Gasteiger partial charge in [-0.25, -0.2) is 17.2 Å². The summed E-state index contributed by atoms with van der Waals surface area (Å²) in [7, 11) is -3.99. The van der Waals surface area contributed by atoms with Gasteiger partial charge in [0.05, 0.1) is 5.56 Å². The fraction of sp³-hybridized carbons (Fsp3) is 0.167. The minimum Gasteiger partial charge on any atom is -0.406 e. The first kappa shape index (κ1) is 20.8. The second-order valence-electron chi connectivity index (χ2n) is 6.07. The van der Waals surface area contributed by atoms with Crippen LogP contribution in [0, 0.1) is 18.6 Å². The van der Waals surface area contributed by atoms with E-state index in [1.54, 1.807) is 0 Å². The number of sulfone groups is 1. The van der Waals surface area contributed by atoms with Crippen LogP contribution in [0.1, 0.15) is 5.76 Å². The van der Waals surface area contributed by atoms with Gasteiger partial charge in [0, 0.05) is 17.4 Å². The Morgan fingerprint density at radius 3 is 2.21 bits per heavy atom. The summed E-state index contributed by atoms with van der Waals surface area (Å²) in [6.45, 7) is 1.43. The lowest BCUT2D eigenvalue weighted by atomic mass is 9.99. The van der Waals surface area contributed by atoms with E-state index >= 15 is 0 Å². The minimum atomic E-state index is -4.86. The number of hydrogen-bond acceptors (Lipinski definition) is 5. The van der Waals surface area contributed by atoms with Crippen molar-refractivity contribution < 1.29 is 39.6 Å². The van der Waals surface area contributed by atoms with Crippen molar-refractivity contribution >= 4 is 9.84 Å². The fourth-order valence-electron chi connectivity index (χ4n) is 2.71. The van der Waals surface area contributed by atoms with Crippen molar-refractivity contribution in [2.24, 2.45) is 0 Å². The van der Waals surface area contributed by atoms with Crippen LogP contribution in [0.15, 0.2) is 45.8 Å². The average molecular weight is 433 g/mol. The van der Waals surface area contributed by atoms with Gasteiger partial charge in [-0.3, -0.25) is 0 Å². The van der Waals surface area contributed by atoms with E-state index in [9.17, 15) is 30.4 Å². The summed E-state index contributed by atoms with van der Waals surface area (Å²) in [6.07, 6.45) is -4.12. The standard InChI is InChI=1S/C18H12F5NO4S/c1-9-16(12-7-14(20)15(8-13(12)19)29(2,25)26)17(24-28-9)10-3-5-11(6-4-10)27-18(21,22)23/h3-8H,1-2H3. The topological polar surface area (TPSA) is 69.4 Å². The number of nitrogens with zero attached hydrogens (tertiary/aromatic N) is 1. The van der Waals surface area contributed by atoms with Crippen LogP contribution >= 0.6 is 0 Å². The highest BCUT2D eigenvalue weighted by Gasteiger charge is 2.31. The minimum absolute atomic E-state index is 0.0333. The van der Waals surface area contributed by atoms with E-state index in [4.69, 9.17) is 4.52 Å². The summed E-state index contributed by atoms with van der Waals surface area (Å²) >= 11 is 0. The van der Waals surface area contributed by atoms with Crippen LogP contribution in [0.2, 0.25) is 0 Å². The Bertz CT molecular complexity index is 1170. The quantitative estimate of drug-likeness (QED) is 0.548. The molecule has 1 aromatic heterocycles. The smallest absolute Gasteiger partial charge is 0.406 e. The van der Waals surface area contributed by atoms with Crippen LogP contribution in [-0.2, 0) is 9.84 Å². The molecule has 154 valence electrons. The van der Waals surface area contributed by atoms with Gasteiger partial charge in [0.2, 0.25) is 0 Å². The van der Waals surface area contributed by atoms with E-state index in [0.717, 1.165) is 18.4 Å². The molecule has 0 fully saturated rings. The van der Waals surface area contributed by atoms with E-state index in [-0.39, 0.29) is 28.1 Å². The molecule has 0 aliphatic heterocycles. The zero-order chi connectivity index (χ0) is 21.6. The molecule has 0 radical (unpaired) electrons. The monoisotopic (exact) mass is 433 g/mol. The Balaban J connectivity index is 2.09. The zero-order valence-corrected chi connectivity index (χ0v) is 15.7. The molecule has 11 heteroatoms. The van der Waals surface area contributed by atoms with Crippen LogP contribution < -0.4 is 4.74 Å². The maximum atomic E-state index is 14.6. The fourth-order valence-corrected chi connectivity index (χ4v) is 3.44. The number of ether oxygens (including phenoxy) is 1. The number of aromatic nitrogens is 1. The molecule has 0 spiro atoms. The van der Waals surface area contributed by atoms with E-state index in [2.05, 4.69) is 9.89 Å². The molecule has 0 unspecified atom stereocenters. The maximum absolute atomic E-state index is 14.6. The van der Waals surface area contributed by atoms with Crippen molar-refractivity contribution in [2.75, 3.05) is 6.26 Å². The Morgan fingerprint density at radius 2 is 1.66 bits per heavy atom. The Kier molecular flexibility index (Phi) is 5.11. The highest BCUT2D eigenvalue weighted by molar-refractivity contribution is 7.90. The van der Waals surface area contributed by atoms with Crippen LogP contribution in [0.3, 0.4) is 0 Å². The van der Waals surface area contributed by atoms with Crippen LogP contribution in [0.25, 0.3) is 22.4 Å². The predicted octanol–water partition coefficient (Wildman–Crippen LogP) is 4.90. The van der Waals surface area contributed by atoms with Gasteiger partial charge in [-0.2, -0.15) is 0 Å².